The molecule has 94 valence electrons. The molecule has 0 aromatic heterocycles. The summed E-state index contributed by atoms with van der Waals surface area (Å²) < 4.78 is 5.06. The Labute approximate surface area is 100 Å². The Kier molecular flexibility index (Phi) is 3.95. The lowest BCUT2D eigenvalue weighted by molar-refractivity contribution is -0.125. The Morgan fingerprint density at radius 3 is 2.47 bits per heavy atom. The van der Waals surface area contributed by atoms with Gasteiger partial charge in [0.1, 0.15) is 5.60 Å². The first-order valence-electron chi connectivity index (χ1n) is 5.32. The van der Waals surface area contributed by atoms with Crippen molar-refractivity contribution in [2.24, 2.45) is 0 Å². The van der Waals surface area contributed by atoms with Gasteiger partial charge in [-0.15, -0.1) is 0 Å². The predicted molar refractivity (Wildman–Crippen MR) is 60.8 cm³/mol. The molecular weight excluding hydrogens is 225 g/mol. The zero-order valence-electron chi connectivity index (χ0n) is 10.1. The lowest BCUT2D eigenvalue weighted by atomic mass is 9.76. The lowest BCUT2D eigenvalue weighted by Gasteiger charge is -2.28. The molecule has 0 spiro atoms. The number of rotatable bonds is 1. The number of hydrogen-bond donors (Lipinski definition) is 2. The molecule has 0 unspecified atom stereocenters. The topological polar surface area (TPSA) is 87.1 Å². The minimum absolute atomic E-state index is 0.0944. The summed E-state index contributed by atoms with van der Waals surface area (Å²) in [5.41, 5.74) is -0.465. The smallest absolute Gasteiger partial charge is 0.443 e. The Hall–Kier alpha value is -1.34. The number of amides is 2. The quantitative estimate of drug-likeness (QED) is 0.635. The maximum absolute atomic E-state index is 11.6. The van der Waals surface area contributed by atoms with Crippen LogP contribution in [0.25, 0.3) is 0 Å². The number of carbonyl (C=O) groups is 2. The lowest BCUT2D eigenvalue weighted by Crippen LogP contribution is -2.43. The first-order chi connectivity index (χ1) is 7.70. The molecule has 7 heteroatoms. The van der Waals surface area contributed by atoms with Crippen molar-refractivity contribution in [3.05, 3.63) is 11.5 Å². The van der Waals surface area contributed by atoms with E-state index in [-0.39, 0.29) is 18.4 Å². The Morgan fingerprint density at radius 2 is 2.06 bits per heavy atom. The van der Waals surface area contributed by atoms with E-state index in [1.54, 1.807) is 20.8 Å². The van der Waals surface area contributed by atoms with Gasteiger partial charge in [0.2, 0.25) is 0 Å². The van der Waals surface area contributed by atoms with Crippen LogP contribution in [-0.4, -0.2) is 46.2 Å². The molecule has 6 nitrogen and oxygen atoms in total. The Morgan fingerprint density at radius 1 is 1.47 bits per heavy atom. The average Bonchev–Trinajstić information content (AvgIpc) is 2.14. The first kappa shape index (κ1) is 13.7. The van der Waals surface area contributed by atoms with Crippen molar-refractivity contribution in [3.63, 3.8) is 0 Å². The van der Waals surface area contributed by atoms with Crippen LogP contribution in [0.4, 0.5) is 4.79 Å². The average molecular weight is 241 g/mol. The van der Waals surface area contributed by atoms with Crippen LogP contribution in [-0.2, 0) is 9.53 Å². The van der Waals surface area contributed by atoms with Crippen LogP contribution < -0.4 is 0 Å². The van der Waals surface area contributed by atoms with E-state index in [9.17, 15) is 9.59 Å². The molecular formula is C10H16BNO5. The summed E-state index contributed by atoms with van der Waals surface area (Å²) in [5.74, 6) is -0.589. The minimum Gasteiger partial charge on any atom is -0.443 e. The van der Waals surface area contributed by atoms with E-state index in [1.807, 2.05) is 0 Å². The normalized spacial score (nSPS) is 16.6. The van der Waals surface area contributed by atoms with Crippen LogP contribution in [0.1, 0.15) is 27.2 Å². The molecule has 0 aliphatic carbocycles. The molecule has 0 atom stereocenters. The second kappa shape index (κ2) is 4.89. The van der Waals surface area contributed by atoms with Crippen LogP contribution in [0.15, 0.2) is 11.5 Å². The molecule has 0 aromatic rings. The third-order valence-corrected chi connectivity index (χ3v) is 2.14. The molecule has 0 fully saturated rings. The molecule has 1 aliphatic heterocycles. The molecule has 0 bridgehead atoms. The van der Waals surface area contributed by atoms with Crippen molar-refractivity contribution in [1.29, 1.82) is 0 Å². The predicted octanol–water partition coefficient (Wildman–Crippen LogP) is 0.0922. The second-order valence-electron chi connectivity index (χ2n) is 4.81. The van der Waals surface area contributed by atoms with Crippen molar-refractivity contribution in [2.75, 3.05) is 6.54 Å². The zero-order chi connectivity index (χ0) is 13.2. The summed E-state index contributed by atoms with van der Waals surface area (Å²) in [5, 5.41) is 17.8. The summed E-state index contributed by atoms with van der Waals surface area (Å²) in [6.07, 6.45) is 0.575. The highest BCUT2D eigenvalue weighted by Crippen LogP contribution is 2.16. The standard InChI is InChI=1S/C10H16BNO5/c1-10(2,3)17-9(14)12-5-4-7(11(15)16)6-8(12)13/h6,15-16H,4-5H2,1-3H3. The van der Waals surface area contributed by atoms with Crippen molar-refractivity contribution in [2.45, 2.75) is 32.8 Å². The van der Waals surface area contributed by atoms with Crippen molar-refractivity contribution in [3.8, 4) is 0 Å². The molecule has 2 N–H and O–H groups in total. The van der Waals surface area contributed by atoms with Gasteiger partial charge < -0.3 is 14.8 Å². The van der Waals surface area contributed by atoms with E-state index in [0.29, 0.717) is 0 Å². The highest BCUT2D eigenvalue weighted by atomic mass is 16.6. The number of carbonyl (C=O) groups excluding carboxylic acids is 2. The third-order valence-electron chi connectivity index (χ3n) is 2.14. The maximum Gasteiger partial charge on any atom is 0.484 e. The SMILES string of the molecule is CC(C)(C)OC(=O)N1CCC(B(O)O)=CC1=O. The van der Waals surface area contributed by atoms with Gasteiger partial charge in [0.15, 0.2) is 0 Å². The molecule has 1 rings (SSSR count). The molecule has 0 saturated carbocycles. The maximum atomic E-state index is 11.6. The monoisotopic (exact) mass is 241 g/mol. The Balaban J connectivity index is 2.71. The van der Waals surface area contributed by atoms with Crippen LogP contribution in [0.5, 0.6) is 0 Å². The van der Waals surface area contributed by atoms with E-state index < -0.39 is 24.7 Å². The van der Waals surface area contributed by atoms with Crippen molar-refractivity contribution >= 4 is 19.1 Å². The van der Waals surface area contributed by atoms with E-state index in [4.69, 9.17) is 14.8 Å². The van der Waals surface area contributed by atoms with Crippen LogP contribution in [0.2, 0.25) is 0 Å². The first-order valence-corrected chi connectivity index (χ1v) is 5.32. The van der Waals surface area contributed by atoms with Gasteiger partial charge in [-0.1, -0.05) is 0 Å². The van der Waals surface area contributed by atoms with Gasteiger partial charge in [0, 0.05) is 6.54 Å². The van der Waals surface area contributed by atoms with E-state index in [2.05, 4.69) is 0 Å². The van der Waals surface area contributed by atoms with Crippen molar-refractivity contribution in [1.82, 2.24) is 4.90 Å². The molecule has 0 radical (unpaired) electrons. The fourth-order valence-electron chi connectivity index (χ4n) is 1.36. The summed E-state index contributed by atoms with van der Waals surface area (Å²) >= 11 is 0. The van der Waals surface area contributed by atoms with Gasteiger partial charge in [-0.3, -0.25) is 4.79 Å². The van der Waals surface area contributed by atoms with Gasteiger partial charge in [-0.05, 0) is 38.7 Å². The summed E-state index contributed by atoms with van der Waals surface area (Å²) in [6.45, 7) is 5.21. The zero-order valence-corrected chi connectivity index (χ0v) is 10.1. The molecule has 1 aliphatic rings. The summed E-state index contributed by atoms with van der Waals surface area (Å²) in [4.78, 5) is 24.1. The number of hydrogen-bond acceptors (Lipinski definition) is 5. The fourth-order valence-corrected chi connectivity index (χ4v) is 1.36. The molecule has 0 aromatic carbocycles. The van der Waals surface area contributed by atoms with Gasteiger partial charge in [-0.2, -0.15) is 0 Å². The molecule has 17 heavy (non-hydrogen) atoms. The largest absolute Gasteiger partial charge is 0.484 e. The summed E-state index contributed by atoms with van der Waals surface area (Å²) in [7, 11) is -1.65. The van der Waals surface area contributed by atoms with Gasteiger partial charge in [0.05, 0.1) is 0 Å². The van der Waals surface area contributed by atoms with Crippen LogP contribution >= 0.6 is 0 Å². The van der Waals surface area contributed by atoms with Gasteiger partial charge >= 0.3 is 13.2 Å². The highest BCUT2D eigenvalue weighted by Gasteiger charge is 2.31. The molecule has 0 saturated heterocycles. The number of imide groups is 1. The van der Waals surface area contributed by atoms with Gasteiger partial charge in [0.25, 0.3) is 5.91 Å². The van der Waals surface area contributed by atoms with Gasteiger partial charge in [-0.25, -0.2) is 9.69 Å². The van der Waals surface area contributed by atoms with Crippen LogP contribution in [0, 0.1) is 0 Å². The number of ether oxygens (including phenoxy) is 1. The second-order valence-corrected chi connectivity index (χ2v) is 4.81. The highest BCUT2D eigenvalue weighted by molar-refractivity contribution is 6.51. The van der Waals surface area contributed by atoms with E-state index >= 15 is 0 Å². The number of nitrogens with zero attached hydrogens (tertiary/aromatic N) is 1. The van der Waals surface area contributed by atoms with Crippen molar-refractivity contribution < 1.29 is 24.4 Å². The molecule has 1 heterocycles. The molecule has 2 amide bonds. The third kappa shape index (κ3) is 3.87. The fraction of sp³-hybridized carbons (Fsp3) is 0.600. The summed E-state index contributed by atoms with van der Waals surface area (Å²) in [6, 6.07) is 0. The minimum atomic E-state index is -1.65. The van der Waals surface area contributed by atoms with E-state index in [0.717, 1.165) is 11.0 Å². The Bertz CT molecular complexity index is 358. The van der Waals surface area contributed by atoms with E-state index in [1.165, 1.54) is 0 Å². The van der Waals surface area contributed by atoms with Crippen LogP contribution in [0.3, 0.4) is 0 Å².